The van der Waals surface area contributed by atoms with Crippen molar-refractivity contribution in [3.8, 4) is 5.75 Å². The van der Waals surface area contributed by atoms with Crippen molar-refractivity contribution < 1.29 is 23.5 Å². The molecule has 1 unspecified atom stereocenters. The second-order valence-corrected chi connectivity index (χ2v) is 7.42. The van der Waals surface area contributed by atoms with E-state index in [0.29, 0.717) is 18.8 Å². The number of carbonyl (C=O) groups excluding carboxylic acids is 2. The highest BCUT2D eigenvalue weighted by atomic mass is 19.1. The predicted octanol–water partition coefficient (Wildman–Crippen LogP) is 3.47. The molecule has 0 spiro atoms. The molecule has 1 N–H and O–H groups in total. The Bertz CT molecular complexity index is 897. The lowest BCUT2D eigenvalue weighted by molar-refractivity contribution is -0.138. The number of ether oxygens (including phenoxy) is 2. The Morgan fingerprint density at radius 3 is 2.73 bits per heavy atom. The largest absolute Gasteiger partial charge is 0.481 e. The first-order valence-electron chi connectivity index (χ1n) is 10.1. The third-order valence-corrected chi connectivity index (χ3v) is 5.20. The Balaban J connectivity index is 1.65. The molecule has 1 saturated heterocycles. The molecule has 3 rings (SSSR count). The molecule has 0 saturated carbocycles. The minimum Gasteiger partial charge on any atom is -0.481 e. The van der Waals surface area contributed by atoms with Gasteiger partial charge in [-0.3, -0.25) is 9.59 Å². The Labute approximate surface area is 176 Å². The third kappa shape index (κ3) is 5.79. The van der Waals surface area contributed by atoms with Crippen LogP contribution in [0.25, 0.3) is 0 Å². The molecule has 7 heteroatoms. The number of hydrogen-bond donors (Lipinski definition) is 1. The SMILES string of the molecule is Cc1cccc(NC(=O)CN(CC2CCCO2)C(=O)COc2ccccc2F)c1C. The normalized spacial score (nSPS) is 15.6. The Morgan fingerprint density at radius 2 is 2.00 bits per heavy atom. The van der Waals surface area contributed by atoms with Gasteiger partial charge < -0.3 is 19.7 Å². The molecule has 0 bridgehead atoms. The van der Waals surface area contributed by atoms with Crippen LogP contribution in [0.4, 0.5) is 10.1 Å². The maximum absolute atomic E-state index is 13.8. The van der Waals surface area contributed by atoms with Gasteiger partial charge in [0, 0.05) is 18.8 Å². The van der Waals surface area contributed by atoms with Gasteiger partial charge in [-0.2, -0.15) is 0 Å². The van der Waals surface area contributed by atoms with E-state index in [1.165, 1.54) is 17.0 Å². The number of amides is 2. The van der Waals surface area contributed by atoms with E-state index in [9.17, 15) is 14.0 Å². The summed E-state index contributed by atoms with van der Waals surface area (Å²) in [4.78, 5) is 26.8. The first kappa shape index (κ1) is 21.8. The van der Waals surface area contributed by atoms with E-state index >= 15 is 0 Å². The highest BCUT2D eigenvalue weighted by Crippen LogP contribution is 2.19. The summed E-state index contributed by atoms with van der Waals surface area (Å²) >= 11 is 0. The van der Waals surface area contributed by atoms with Gasteiger partial charge in [0.15, 0.2) is 18.2 Å². The molecule has 1 heterocycles. The molecular formula is C23H27FN2O4. The number of carbonyl (C=O) groups is 2. The van der Waals surface area contributed by atoms with Crippen LogP contribution in [0.15, 0.2) is 42.5 Å². The minimum atomic E-state index is -0.538. The second-order valence-electron chi connectivity index (χ2n) is 7.42. The van der Waals surface area contributed by atoms with Gasteiger partial charge in [0.05, 0.1) is 6.10 Å². The Kier molecular flexibility index (Phi) is 7.41. The van der Waals surface area contributed by atoms with Crippen molar-refractivity contribution in [1.29, 1.82) is 0 Å². The van der Waals surface area contributed by atoms with Gasteiger partial charge in [-0.1, -0.05) is 24.3 Å². The number of aryl methyl sites for hydroxylation is 1. The first-order chi connectivity index (χ1) is 14.4. The van der Waals surface area contributed by atoms with E-state index in [-0.39, 0.29) is 30.9 Å². The summed E-state index contributed by atoms with van der Waals surface area (Å²) in [7, 11) is 0. The summed E-state index contributed by atoms with van der Waals surface area (Å²) < 4.78 is 24.7. The van der Waals surface area contributed by atoms with Gasteiger partial charge in [0.25, 0.3) is 5.91 Å². The van der Waals surface area contributed by atoms with Crippen LogP contribution in [-0.2, 0) is 14.3 Å². The molecular weight excluding hydrogens is 387 g/mol. The number of hydrogen-bond acceptors (Lipinski definition) is 4. The number of anilines is 1. The highest BCUT2D eigenvalue weighted by molar-refractivity contribution is 5.95. The van der Waals surface area contributed by atoms with Gasteiger partial charge in [0.2, 0.25) is 5.91 Å². The molecule has 1 atom stereocenters. The molecule has 0 aromatic heterocycles. The van der Waals surface area contributed by atoms with Crippen LogP contribution >= 0.6 is 0 Å². The zero-order valence-electron chi connectivity index (χ0n) is 17.3. The average Bonchev–Trinajstić information content (AvgIpc) is 3.23. The highest BCUT2D eigenvalue weighted by Gasteiger charge is 2.25. The summed E-state index contributed by atoms with van der Waals surface area (Å²) in [6.45, 7) is 4.35. The van der Waals surface area contributed by atoms with E-state index in [1.807, 2.05) is 32.0 Å². The summed E-state index contributed by atoms with van der Waals surface area (Å²) in [5.41, 5.74) is 2.76. The topological polar surface area (TPSA) is 67.9 Å². The van der Waals surface area contributed by atoms with Crippen LogP contribution in [0.1, 0.15) is 24.0 Å². The lowest BCUT2D eigenvalue weighted by atomic mass is 10.1. The molecule has 2 amide bonds. The van der Waals surface area contributed by atoms with E-state index in [4.69, 9.17) is 9.47 Å². The van der Waals surface area contributed by atoms with Crippen molar-refractivity contribution in [2.75, 3.05) is 31.6 Å². The van der Waals surface area contributed by atoms with Gasteiger partial charge in [-0.25, -0.2) is 4.39 Å². The van der Waals surface area contributed by atoms with Gasteiger partial charge in [0.1, 0.15) is 6.54 Å². The number of para-hydroxylation sites is 1. The van der Waals surface area contributed by atoms with Crippen LogP contribution in [0.3, 0.4) is 0 Å². The van der Waals surface area contributed by atoms with Crippen molar-refractivity contribution in [2.24, 2.45) is 0 Å². The molecule has 30 heavy (non-hydrogen) atoms. The van der Waals surface area contributed by atoms with Crippen LogP contribution in [-0.4, -0.2) is 49.1 Å². The predicted molar refractivity (Wildman–Crippen MR) is 112 cm³/mol. The molecule has 1 aliphatic rings. The zero-order chi connectivity index (χ0) is 21.5. The fraction of sp³-hybridized carbons (Fsp3) is 0.391. The van der Waals surface area contributed by atoms with Gasteiger partial charge >= 0.3 is 0 Å². The van der Waals surface area contributed by atoms with Gasteiger partial charge in [-0.15, -0.1) is 0 Å². The Hall–Kier alpha value is -2.93. The lowest BCUT2D eigenvalue weighted by Crippen LogP contribution is -2.44. The molecule has 2 aromatic rings. The number of halogens is 1. The number of rotatable bonds is 8. The van der Waals surface area contributed by atoms with Crippen LogP contribution in [0.5, 0.6) is 5.75 Å². The second kappa shape index (κ2) is 10.2. The van der Waals surface area contributed by atoms with Crippen molar-refractivity contribution in [3.05, 3.63) is 59.4 Å². The van der Waals surface area contributed by atoms with Crippen LogP contribution in [0, 0.1) is 19.7 Å². The van der Waals surface area contributed by atoms with E-state index in [2.05, 4.69) is 5.32 Å². The molecule has 160 valence electrons. The summed E-state index contributed by atoms with van der Waals surface area (Å²) in [5.74, 6) is -1.24. The minimum absolute atomic E-state index is 0.00255. The number of nitrogens with one attached hydrogen (secondary N) is 1. The van der Waals surface area contributed by atoms with E-state index in [0.717, 1.165) is 24.0 Å². The van der Waals surface area contributed by atoms with E-state index in [1.54, 1.807) is 12.1 Å². The number of benzene rings is 2. The maximum atomic E-state index is 13.8. The number of nitrogens with zero attached hydrogens (tertiary/aromatic N) is 1. The molecule has 0 radical (unpaired) electrons. The summed E-state index contributed by atoms with van der Waals surface area (Å²) in [6, 6.07) is 11.6. The fourth-order valence-electron chi connectivity index (χ4n) is 3.33. The Morgan fingerprint density at radius 1 is 1.20 bits per heavy atom. The third-order valence-electron chi connectivity index (χ3n) is 5.20. The van der Waals surface area contributed by atoms with Crippen molar-refractivity contribution in [2.45, 2.75) is 32.8 Å². The lowest BCUT2D eigenvalue weighted by Gasteiger charge is -2.25. The molecule has 0 aliphatic carbocycles. The standard InChI is InChI=1S/C23H27FN2O4/c1-16-7-5-10-20(17(16)2)25-22(27)14-26(13-18-8-6-12-29-18)23(28)15-30-21-11-4-3-9-19(21)24/h3-5,7,9-11,18H,6,8,12-15H2,1-2H3,(H,25,27). The molecule has 1 aliphatic heterocycles. The molecule has 6 nitrogen and oxygen atoms in total. The fourth-order valence-corrected chi connectivity index (χ4v) is 3.33. The van der Waals surface area contributed by atoms with Crippen molar-refractivity contribution in [3.63, 3.8) is 0 Å². The van der Waals surface area contributed by atoms with E-state index < -0.39 is 11.7 Å². The van der Waals surface area contributed by atoms with Crippen LogP contribution < -0.4 is 10.1 Å². The van der Waals surface area contributed by atoms with Crippen molar-refractivity contribution >= 4 is 17.5 Å². The van der Waals surface area contributed by atoms with Crippen molar-refractivity contribution in [1.82, 2.24) is 4.90 Å². The molecule has 1 fully saturated rings. The monoisotopic (exact) mass is 414 g/mol. The summed E-state index contributed by atoms with van der Waals surface area (Å²) in [6.07, 6.45) is 1.64. The average molecular weight is 414 g/mol. The smallest absolute Gasteiger partial charge is 0.261 e. The maximum Gasteiger partial charge on any atom is 0.261 e. The molecule has 2 aromatic carbocycles. The van der Waals surface area contributed by atoms with Gasteiger partial charge in [-0.05, 0) is 56.0 Å². The van der Waals surface area contributed by atoms with Crippen LogP contribution in [0.2, 0.25) is 0 Å². The first-order valence-corrected chi connectivity index (χ1v) is 10.1. The quantitative estimate of drug-likeness (QED) is 0.718. The summed E-state index contributed by atoms with van der Waals surface area (Å²) in [5, 5.41) is 2.87. The zero-order valence-corrected chi connectivity index (χ0v) is 17.3.